The minimum Gasteiger partial charge on any atom is -0.509 e. The van der Waals surface area contributed by atoms with Gasteiger partial charge in [-0.2, -0.15) is 11.2 Å². The van der Waals surface area contributed by atoms with Gasteiger partial charge >= 0.3 is 21.1 Å². The van der Waals surface area contributed by atoms with E-state index in [1.807, 2.05) is 12.3 Å². The van der Waals surface area contributed by atoms with Crippen LogP contribution >= 0.6 is 0 Å². The fourth-order valence-corrected chi connectivity index (χ4v) is 7.95. The second kappa shape index (κ2) is 15.2. The third kappa shape index (κ3) is 7.18. The summed E-state index contributed by atoms with van der Waals surface area (Å²) in [6.45, 7) is 20.3. The SMILES string of the molecule is CCCCc1c(C2C(C)=CCC[C@@H]2C)c(C)nn1-c1[c-]c(Oc2[c-]c3c(cc2)c2ccccc2n3-c2cc(C(C)(C)C)ccn2)cc(C(C)C)c1.[Pt+2]. The minimum absolute atomic E-state index is 0. The van der Waals surface area contributed by atoms with Gasteiger partial charge in [0.2, 0.25) is 0 Å². The molecule has 5 nitrogen and oxygen atoms in total. The largest absolute Gasteiger partial charge is 2.00 e. The second-order valence-electron chi connectivity index (χ2n) is 16.0. The van der Waals surface area contributed by atoms with Gasteiger partial charge in [-0.1, -0.05) is 90.3 Å². The Labute approximate surface area is 324 Å². The molecule has 0 bridgehead atoms. The quantitative estimate of drug-likeness (QED) is 0.107. The average molecular weight is 872 g/mol. The summed E-state index contributed by atoms with van der Waals surface area (Å²) in [6, 6.07) is 28.7. The van der Waals surface area contributed by atoms with E-state index in [0.717, 1.165) is 64.7 Å². The summed E-state index contributed by atoms with van der Waals surface area (Å²) in [7, 11) is 0. The van der Waals surface area contributed by atoms with E-state index in [0.29, 0.717) is 29.3 Å². The monoisotopic (exact) mass is 871 g/mol. The molecular weight excluding hydrogens is 820 g/mol. The standard InChI is InChI=1S/C46H52N4O.Pt/c1-10-11-18-41-45(44-30(4)15-14-16-31(44)5)32(6)48-50(41)35-24-33(29(2)3)25-37(27-35)51-36-20-21-39-38-17-12-13-19-40(38)49(42(39)28-36)43-26-34(22-23-47-43)46(7,8)9;/h12-13,15,17,19-26,29,31,44H,10-11,14,16,18H2,1-9H3;/q-2;+2/t31-,44?;/m0./s1. The van der Waals surface area contributed by atoms with Gasteiger partial charge in [-0.3, -0.25) is 4.68 Å². The van der Waals surface area contributed by atoms with Gasteiger partial charge < -0.3 is 9.30 Å². The van der Waals surface area contributed by atoms with E-state index in [9.17, 15) is 0 Å². The number of aromatic nitrogens is 4. The van der Waals surface area contributed by atoms with E-state index >= 15 is 0 Å². The molecule has 0 amide bonds. The smallest absolute Gasteiger partial charge is 0.509 e. The van der Waals surface area contributed by atoms with Crippen molar-refractivity contribution in [3.05, 3.63) is 119 Å². The van der Waals surface area contributed by atoms with Crippen molar-refractivity contribution in [1.82, 2.24) is 19.3 Å². The molecule has 2 atom stereocenters. The summed E-state index contributed by atoms with van der Waals surface area (Å²) in [5.74, 6) is 3.47. The molecule has 3 aromatic heterocycles. The number of benzene rings is 3. The van der Waals surface area contributed by atoms with Crippen molar-refractivity contribution in [3.63, 3.8) is 0 Å². The summed E-state index contributed by atoms with van der Waals surface area (Å²) >= 11 is 0. The predicted octanol–water partition coefficient (Wildman–Crippen LogP) is 12.3. The van der Waals surface area contributed by atoms with Crippen LogP contribution in [0.3, 0.4) is 0 Å². The minimum atomic E-state index is -0.00211. The number of aryl methyl sites for hydroxylation is 1. The molecule has 6 aromatic rings. The maximum atomic E-state index is 6.72. The summed E-state index contributed by atoms with van der Waals surface area (Å²) < 4.78 is 11.1. The number of allylic oxidation sites excluding steroid dienone is 2. The van der Waals surface area contributed by atoms with Gasteiger partial charge in [0, 0.05) is 40.4 Å². The van der Waals surface area contributed by atoms with Crippen molar-refractivity contribution in [2.45, 2.75) is 112 Å². The van der Waals surface area contributed by atoms with Gasteiger partial charge in [-0.05, 0) is 91.6 Å². The number of ether oxygens (including phenoxy) is 1. The molecule has 0 saturated carbocycles. The van der Waals surface area contributed by atoms with Crippen LogP contribution in [-0.4, -0.2) is 19.3 Å². The molecular formula is C46H52N4OPt. The van der Waals surface area contributed by atoms with Crippen LogP contribution in [-0.2, 0) is 32.9 Å². The summed E-state index contributed by atoms with van der Waals surface area (Å²) in [4.78, 5) is 4.85. The average Bonchev–Trinajstić information content (AvgIpc) is 3.60. The molecule has 1 aliphatic carbocycles. The molecule has 272 valence electrons. The Morgan fingerprint density at radius 3 is 2.48 bits per heavy atom. The van der Waals surface area contributed by atoms with Crippen LogP contribution < -0.4 is 4.74 Å². The van der Waals surface area contributed by atoms with E-state index < -0.39 is 0 Å². The van der Waals surface area contributed by atoms with Crippen molar-refractivity contribution in [2.24, 2.45) is 5.92 Å². The van der Waals surface area contributed by atoms with Crippen molar-refractivity contribution in [1.29, 1.82) is 0 Å². The normalized spacial score (nSPS) is 16.4. The van der Waals surface area contributed by atoms with Crippen LogP contribution in [0.5, 0.6) is 11.5 Å². The molecule has 0 radical (unpaired) electrons. The van der Waals surface area contributed by atoms with Gasteiger partial charge in [-0.15, -0.1) is 41.3 Å². The van der Waals surface area contributed by atoms with Crippen LogP contribution in [0, 0.1) is 25.0 Å². The van der Waals surface area contributed by atoms with Gasteiger partial charge in [0.1, 0.15) is 5.82 Å². The zero-order valence-electron chi connectivity index (χ0n) is 32.2. The summed E-state index contributed by atoms with van der Waals surface area (Å²) in [6.07, 6.45) is 9.96. The first-order valence-corrected chi connectivity index (χ1v) is 18.9. The molecule has 0 fully saturated rings. The summed E-state index contributed by atoms with van der Waals surface area (Å²) in [5.41, 5.74) is 10.7. The molecule has 0 spiro atoms. The molecule has 0 aliphatic heterocycles. The molecule has 0 N–H and O–H groups in total. The van der Waals surface area contributed by atoms with Gasteiger partial charge in [0.15, 0.2) is 0 Å². The number of para-hydroxylation sites is 1. The zero-order chi connectivity index (χ0) is 36.0. The Balaban J connectivity index is 0.00000464. The fraction of sp³-hybridized carbons (Fsp3) is 0.391. The molecule has 6 heteroatoms. The molecule has 0 saturated heterocycles. The van der Waals surface area contributed by atoms with Crippen molar-refractivity contribution in [3.8, 4) is 23.0 Å². The topological polar surface area (TPSA) is 44.9 Å². The number of pyridine rings is 1. The molecule has 52 heavy (non-hydrogen) atoms. The van der Waals surface area contributed by atoms with Crippen LogP contribution in [0.1, 0.15) is 121 Å². The predicted molar refractivity (Wildman–Crippen MR) is 211 cm³/mol. The van der Waals surface area contributed by atoms with Crippen LogP contribution in [0.2, 0.25) is 0 Å². The maximum Gasteiger partial charge on any atom is 2.00 e. The number of nitrogens with zero attached hydrogens (tertiary/aromatic N) is 4. The Kier molecular flexibility index (Phi) is 11.0. The van der Waals surface area contributed by atoms with E-state index in [2.05, 4.69) is 144 Å². The molecule has 1 unspecified atom stereocenters. The van der Waals surface area contributed by atoms with Crippen LogP contribution in [0.4, 0.5) is 0 Å². The van der Waals surface area contributed by atoms with Crippen LogP contribution in [0.15, 0.2) is 78.5 Å². The van der Waals surface area contributed by atoms with Crippen molar-refractivity contribution < 1.29 is 25.8 Å². The van der Waals surface area contributed by atoms with Crippen molar-refractivity contribution >= 4 is 21.8 Å². The number of hydrogen-bond donors (Lipinski definition) is 0. The number of hydrogen-bond acceptors (Lipinski definition) is 3. The van der Waals surface area contributed by atoms with Crippen molar-refractivity contribution in [2.75, 3.05) is 0 Å². The fourth-order valence-electron chi connectivity index (χ4n) is 7.95. The van der Waals surface area contributed by atoms with E-state index in [-0.39, 0.29) is 26.5 Å². The second-order valence-corrected chi connectivity index (χ2v) is 16.0. The number of fused-ring (bicyclic) bond motifs is 3. The summed E-state index contributed by atoms with van der Waals surface area (Å²) in [5, 5.41) is 7.52. The first kappa shape index (κ1) is 37.8. The molecule has 7 rings (SSSR count). The number of unbranched alkanes of at least 4 members (excludes halogenated alkanes) is 1. The Morgan fingerprint density at radius 1 is 0.962 bits per heavy atom. The third-order valence-electron chi connectivity index (χ3n) is 10.8. The van der Waals surface area contributed by atoms with E-state index in [4.69, 9.17) is 14.8 Å². The Bertz CT molecular complexity index is 2250. The molecule has 1 aliphatic rings. The van der Waals surface area contributed by atoms with Gasteiger partial charge in [0.05, 0.1) is 5.69 Å². The van der Waals surface area contributed by atoms with E-state index in [1.54, 1.807) is 0 Å². The zero-order valence-corrected chi connectivity index (χ0v) is 34.5. The van der Waals surface area contributed by atoms with Crippen LogP contribution in [0.25, 0.3) is 33.3 Å². The van der Waals surface area contributed by atoms with Gasteiger partial charge in [0.25, 0.3) is 0 Å². The Hall–Kier alpha value is -3.95. The first-order chi connectivity index (χ1) is 24.4. The van der Waals surface area contributed by atoms with E-state index in [1.165, 1.54) is 34.4 Å². The molecule has 3 heterocycles. The third-order valence-corrected chi connectivity index (χ3v) is 10.8. The van der Waals surface area contributed by atoms with Gasteiger partial charge in [-0.25, -0.2) is 4.98 Å². The first-order valence-electron chi connectivity index (χ1n) is 18.9. The number of rotatable bonds is 9. The Morgan fingerprint density at radius 2 is 1.75 bits per heavy atom. The maximum absolute atomic E-state index is 6.72. The molecule has 3 aromatic carbocycles.